The van der Waals surface area contributed by atoms with Crippen LogP contribution < -0.4 is 5.32 Å². The standard InChI is InChI=1S/C5H6ClN3O2S/c1-11-3(10)2-7-5-4(6)8-12-9-5/h2H2,1H3,(H,7,9). The molecule has 66 valence electrons. The summed E-state index contributed by atoms with van der Waals surface area (Å²) in [5.74, 6) is 0.0335. The average molecular weight is 208 g/mol. The van der Waals surface area contributed by atoms with E-state index < -0.39 is 0 Å². The fourth-order valence-electron chi connectivity index (χ4n) is 0.511. The number of carbonyl (C=O) groups excluding carboxylic acids is 1. The Morgan fingerprint density at radius 1 is 1.75 bits per heavy atom. The SMILES string of the molecule is COC(=O)CNc1nsnc1Cl. The van der Waals surface area contributed by atoms with Crippen LogP contribution in [0.4, 0.5) is 5.82 Å². The van der Waals surface area contributed by atoms with Crippen molar-refractivity contribution in [1.82, 2.24) is 8.75 Å². The summed E-state index contributed by atoms with van der Waals surface area (Å²) in [6.07, 6.45) is 0. The van der Waals surface area contributed by atoms with Gasteiger partial charge in [0.2, 0.25) is 0 Å². The molecule has 0 aliphatic carbocycles. The van der Waals surface area contributed by atoms with Crippen LogP contribution in [0.1, 0.15) is 0 Å². The molecule has 0 aromatic carbocycles. The summed E-state index contributed by atoms with van der Waals surface area (Å²) >= 11 is 6.57. The number of nitrogens with zero attached hydrogens (tertiary/aromatic N) is 2. The molecule has 0 saturated heterocycles. The highest BCUT2D eigenvalue weighted by Crippen LogP contribution is 2.16. The van der Waals surface area contributed by atoms with Crippen molar-refractivity contribution in [3.63, 3.8) is 0 Å². The number of halogens is 1. The van der Waals surface area contributed by atoms with Crippen LogP contribution in [0.5, 0.6) is 0 Å². The van der Waals surface area contributed by atoms with Gasteiger partial charge in [0.15, 0.2) is 11.0 Å². The summed E-state index contributed by atoms with van der Waals surface area (Å²) < 4.78 is 11.9. The van der Waals surface area contributed by atoms with E-state index in [0.717, 1.165) is 11.7 Å². The highest BCUT2D eigenvalue weighted by atomic mass is 35.5. The second-order valence-electron chi connectivity index (χ2n) is 1.83. The molecule has 1 N–H and O–H groups in total. The van der Waals surface area contributed by atoms with Gasteiger partial charge in [-0.1, -0.05) is 11.6 Å². The molecule has 0 spiro atoms. The van der Waals surface area contributed by atoms with Crippen LogP contribution in [0.15, 0.2) is 0 Å². The number of aromatic nitrogens is 2. The van der Waals surface area contributed by atoms with E-state index >= 15 is 0 Å². The number of hydrogen-bond acceptors (Lipinski definition) is 6. The molecule has 0 saturated carbocycles. The van der Waals surface area contributed by atoms with E-state index in [1.807, 2.05) is 0 Å². The number of rotatable bonds is 3. The summed E-state index contributed by atoms with van der Waals surface area (Å²) in [4.78, 5) is 10.6. The van der Waals surface area contributed by atoms with E-state index in [1.54, 1.807) is 0 Å². The predicted octanol–water partition coefficient (Wildman–Crippen LogP) is 0.776. The number of anilines is 1. The normalized spacial score (nSPS) is 9.50. The van der Waals surface area contributed by atoms with Gasteiger partial charge in [0.25, 0.3) is 0 Å². The monoisotopic (exact) mass is 207 g/mol. The molecule has 0 amide bonds. The Bertz CT molecular complexity index is 277. The average Bonchev–Trinajstić information content (AvgIpc) is 2.47. The van der Waals surface area contributed by atoms with Crippen LogP contribution in [0.2, 0.25) is 5.15 Å². The first-order chi connectivity index (χ1) is 5.74. The van der Waals surface area contributed by atoms with Gasteiger partial charge in [-0.25, -0.2) is 0 Å². The smallest absolute Gasteiger partial charge is 0.325 e. The Morgan fingerprint density at radius 2 is 2.50 bits per heavy atom. The topological polar surface area (TPSA) is 64.1 Å². The van der Waals surface area contributed by atoms with Crippen molar-refractivity contribution in [3.8, 4) is 0 Å². The Morgan fingerprint density at radius 3 is 3.00 bits per heavy atom. The minimum Gasteiger partial charge on any atom is -0.468 e. The van der Waals surface area contributed by atoms with Crippen LogP contribution in [-0.2, 0) is 9.53 Å². The lowest BCUT2D eigenvalue weighted by Crippen LogP contribution is -2.15. The van der Waals surface area contributed by atoms with Crippen molar-refractivity contribution in [2.75, 3.05) is 19.0 Å². The Hall–Kier alpha value is -0.880. The third-order valence-electron chi connectivity index (χ3n) is 1.08. The minimum atomic E-state index is -0.376. The Kier molecular flexibility index (Phi) is 3.24. The summed E-state index contributed by atoms with van der Waals surface area (Å²) in [5, 5.41) is 2.94. The van der Waals surface area contributed by atoms with Gasteiger partial charge in [0.05, 0.1) is 18.8 Å². The maximum Gasteiger partial charge on any atom is 0.325 e. The summed E-state index contributed by atoms with van der Waals surface area (Å²) in [7, 11) is 1.31. The molecule has 0 bridgehead atoms. The third kappa shape index (κ3) is 2.31. The van der Waals surface area contributed by atoms with Gasteiger partial charge in [-0.05, 0) is 0 Å². The zero-order chi connectivity index (χ0) is 8.97. The molecule has 1 aromatic rings. The van der Waals surface area contributed by atoms with Crippen molar-refractivity contribution in [3.05, 3.63) is 5.15 Å². The van der Waals surface area contributed by atoms with Crippen LogP contribution in [0.3, 0.4) is 0 Å². The van der Waals surface area contributed by atoms with Crippen LogP contribution in [0, 0.1) is 0 Å². The molecule has 5 nitrogen and oxygen atoms in total. The van der Waals surface area contributed by atoms with Crippen molar-refractivity contribution < 1.29 is 9.53 Å². The molecule has 0 unspecified atom stereocenters. The first-order valence-corrected chi connectivity index (χ1v) is 4.13. The second-order valence-corrected chi connectivity index (χ2v) is 2.72. The molecule has 0 radical (unpaired) electrons. The molecule has 0 aliphatic rings. The van der Waals surface area contributed by atoms with Gasteiger partial charge in [-0.3, -0.25) is 4.79 Å². The Balaban J connectivity index is 2.43. The highest BCUT2D eigenvalue weighted by Gasteiger charge is 2.06. The quantitative estimate of drug-likeness (QED) is 0.742. The molecule has 0 fully saturated rings. The molecule has 1 heterocycles. The number of esters is 1. The molecule has 1 aromatic heterocycles. The molecular weight excluding hydrogens is 202 g/mol. The summed E-state index contributed by atoms with van der Waals surface area (Å²) in [5.41, 5.74) is 0. The lowest BCUT2D eigenvalue weighted by molar-refractivity contribution is -0.138. The largest absolute Gasteiger partial charge is 0.468 e. The minimum absolute atomic E-state index is 0.0433. The maximum absolute atomic E-state index is 10.6. The zero-order valence-corrected chi connectivity index (χ0v) is 7.78. The van der Waals surface area contributed by atoms with E-state index in [4.69, 9.17) is 11.6 Å². The molecule has 12 heavy (non-hydrogen) atoms. The lowest BCUT2D eigenvalue weighted by atomic mass is 10.6. The van der Waals surface area contributed by atoms with Crippen LogP contribution in [-0.4, -0.2) is 28.4 Å². The molecule has 7 heteroatoms. The molecular formula is C5H6ClN3O2S. The first kappa shape index (κ1) is 9.21. The van der Waals surface area contributed by atoms with Crippen molar-refractivity contribution in [2.45, 2.75) is 0 Å². The first-order valence-electron chi connectivity index (χ1n) is 3.02. The fraction of sp³-hybridized carbons (Fsp3) is 0.400. The van der Waals surface area contributed by atoms with E-state index in [2.05, 4.69) is 18.8 Å². The van der Waals surface area contributed by atoms with Gasteiger partial charge in [0.1, 0.15) is 6.54 Å². The highest BCUT2D eigenvalue weighted by molar-refractivity contribution is 6.99. The van der Waals surface area contributed by atoms with Crippen molar-refractivity contribution in [2.24, 2.45) is 0 Å². The van der Waals surface area contributed by atoms with Gasteiger partial charge in [-0.2, -0.15) is 8.75 Å². The van der Waals surface area contributed by atoms with Crippen LogP contribution in [0.25, 0.3) is 0 Å². The number of carbonyl (C=O) groups is 1. The van der Waals surface area contributed by atoms with E-state index in [9.17, 15) is 4.79 Å². The third-order valence-corrected chi connectivity index (χ3v) is 1.97. The fourth-order valence-corrected chi connectivity index (χ4v) is 1.19. The van der Waals surface area contributed by atoms with E-state index in [1.165, 1.54) is 7.11 Å². The molecule has 0 aliphatic heterocycles. The van der Waals surface area contributed by atoms with E-state index in [0.29, 0.717) is 5.82 Å². The summed E-state index contributed by atoms with van der Waals surface area (Å²) in [6, 6.07) is 0. The molecule has 1 rings (SSSR count). The van der Waals surface area contributed by atoms with Gasteiger partial charge in [-0.15, -0.1) is 0 Å². The second kappa shape index (κ2) is 4.22. The number of hydrogen-bond donors (Lipinski definition) is 1. The molecule has 0 atom stereocenters. The van der Waals surface area contributed by atoms with Gasteiger partial charge in [0, 0.05) is 0 Å². The number of ether oxygens (including phenoxy) is 1. The van der Waals surface area contributed by atoms with Gasteiger partial charge < -0.3 is 10.1 Å². The predicted molar refractivity (Wildman–Crippen MR) is 45.4 cm³/mol. The number of methoxy groups -OCH3 is 1. The Labute approximate surface area is 78.0 Å². The van der Waals surface area contributed by atoms with Gasteiger partial charge >= 0.3 is 5.97 Å². The van der Waals surface area contributed by atoms with Crippen molar-refractivity contribution >= 4 is 35.1 Å². The zero-order valence-electron chi connectivity index (χ0n) is 6.20. The summed E-state index contributed by atoms with van der Waals surface area (Å²) in [6.45, 7) is 0.0433. The van der Waals surface area contributed by atoms with Crippen molar-refractivity contribution in [1.29, 1.82) is 0 Å². The lowest BCUT2D eigenvalue weighted by Gasteiger charge is -1.99. The van der Waals surface area contributed by atoms with E-state index in [-0.39, 0.29) is 17.7 Å². The number of nitrogens with one attached hydrogen (secondary N) is 1. The maximum atomic E-state index is 10.6. The van der Waals surface area contributed by atoms with Crippen LogP contribution >= 0.6 is 23.3 Å².